The minimum Gasteiger partial charge on any atom is -0.447 e. The van der Waals surface area contributed by atoms with E-state index in [0.29, 0.717) is 39.4 Å². The summed E-state index contributed by atoms with van der Waals surface area (Å²) in [6, 6.07) is 0. The predicted octanol–water partition coefficient (Wildman–Crippen LogP) is 1.11. The lowest BCUT2D eigenvalue weighted by Gasteiger charge is -2.39. The Labute approximate surface area is 162 Å². The van der Waals surface area contributed by atoms with Crippen LogP contribution in [0.2, 0.25) is 0 Å². The van der Waals surface area contributed by atoms with Gasteiger partial charge in [-0.3, -0.25) is 4.57 Å². The Hall–Kier alpha value is -0.740. The summed E-state index contributed by atoms with van der Waals surface area (Å²) in [5.74, 6) is 0. The normalized spacial score (nSPS) is 17.2. The van der Waals surface area contributed by atoms with Gasteiger partial charge in [0.05, 0.1) is 33.0 Å². The van der Waals surface area contributed by atoms with E-state index in [-0.39, 0.29) is 26.4 Å². The van der Waals surface area contributed by atoms with E-state index in [2.05, 4.69) is 0 Å². The monoisotopic (exact) mass is 413 g/mol. The van der Waals surface area contributed by atoms with Gasteiger partial charge in [0.15, 0.2) is 0 Å². The summed E-state index contributed by atoms with van der Waals surface area (Å²) in [5.41, 5.74) is 0. The molecule has 1 saturated heterocycles. The van der Waals surface area contributed by atoms with Crippen molar-refractivity contribution in [2.24, 2.45) is 0 Å². The smallest absolute Gasteiger partial charge is 0.409 e. The first-order valence-electron chi connectivity index (χ1n) is 9.22. The van der Waals surface area contributed by atoms with Gasteiger partial charge in [-0.2, -0.15) is 0 Å². The molecule has 0 aliphatic carbocycles. The first-order chi connectivity index (χ1) is 13.0. The van der Waals surface area contributed by atoms with Gasteiger partial charge in [0.25, 0.3) is 0 Å². The van der Waals surface area contributed by atoms with Crippen LogP contribution < -0.4 is 0 Å². The molecular weight excluding hydrogens is 377 g/mol. The van der Waals surface area contributed by atoms with Crippen LogP contribution >= 0.6 is 7.67 Å². The van der Waals surface area contributed by atoms with E-state index in [9.17, 15) is 9.36 Å². The summed E-state index contributed by atoms with van der Waals surface area (Å²) in [6.07, 6.45) is -0.406. The highest BCUT2D eigenvalue weighted by molar-refractivity contribution is 7.53. The molecule has 1 atom stereocenters. The third-order valence-corrected chi connectivity index (χ3v) is 6.28. The molecule has 0 spiro atoms. The van der Waals surface area contributed by atoms with Gasteiger partial charge in [-0.05, 0) is 14.1 Å². The van der Waals surface area contributed by atoms with Crippen molar-refractivity contribution in [3.63, 3.8) is 0 Å². The number of hydrogen-bond acceptors (Lipinski definition) is 7. The summed E-state index contributed by atoms with van der Waals surface area (Å²) in [7, 11) is 1.84. The van der Waals surface area contributed by atoms with E-state index in [1.807, 2.05) is 13.8 Å². The lowest BCUT2D eigenvalue weighted by Crippen LogP contribution is -2.48. The fraction of sp³-hybridized carbons (Fsp3) is 0.938. The molecule has 0 saturated carbocycles. The average Bonchev–Trinajstić information content (AvgIpc) is 2.70. The number of rotatable bonds is 11. The second-order valence-corrected chi connectivity index (χ2v) is 8.24. The zero-order chi connectivity index (χ0) is 20.7. The SMILES string of the molecule is CC.COP(=O)(N(C)C)N1CCN(C(=O)OCCOCCOCCO)CC1. The van der Waals surface area contributed by atoms with Crippen molar-refractivity contribution >= 4 is 13.8 Å². The Morgan fingerprint density at radius 3 is 2.00 bits per heavy atom. The molecule has 27 heavy (non-hydrogen) atoms. The number of ether oxygens (including phenoxy) is 3. The topological polar surface area (TPSA) is 101 Å². The van der Waals surface area contributed by atoms with Gasteiger partial charge < -0.3 is 28.7 Å². The molecule has 1 heterocycles. The van der Waals surface area contributed by atoms with Crippen LogP contribution in [0.15, 0.2) is 0 Å². The third-order valence-electron chi connectivity index (χ3n) is 3.68. The molecule has 162 valence electrons. The summed E-state index contributed by atoms with van der Waals surface area (Å²) in [6.45, 7) is 7.25. The Kier molecular flexibility index (Phi) is 14.8. The fourth-order valence-corrected chi connectivity index (χ4v) is 4.08. The molecule has 0 aromatic rings. The highest BCUT2D eigenvalue weighted by Crippen LogP contribution is 2.51. The van der Waals surface area contributed by atoms with Gasteiger partial charge in [0.1, 0.15) is 6.61 Å². The van der Waals surface area contributed by atoms with Gasteiger partial charge in [0, 0.05) is 33.3 Å². The van der Waals surface area contributed by atoms with Gasteiger partial charge in [-0.1, -0.05) is 13.8 Å². The molecule has 10 nitrogen and oxygen atoms in total. The van der Waals surface area contributed by atoms with Gasteiger partial charge in [0.2, 0.25) is 0 Å². The molecule has 1 fully saturated rings. The second kappa shape index (κ2) is 15.2. The quantitative estimate of drug-likeness (QED) is 0.394. The molecule has 11 heteroatoms. The number of carbonyl (C=O) groups is 1. The van der Waals surface area contributed by atoms with E-state index in [1.165, 1.54) is 7.11 Å². The van der Waals surface area contributed by atoms with Gasteiger partial charge in [-0.25, -0.2) is 14.1 Å². The number of hydrogen-bond donors (Lipinski definition) is 1. The molecule has 0 radical (unpaired) electrons. The summed E-state index contributed by atoms with van der Waals surface area (Å²) < 4.78 is 36.7. The molecule has 1 amide bonds. The molecule has 1 N–H and O–H groups in total. The molecule has 0 aromatic heterocycles. The fourth-order valence-electron chi connectivity index (χ4n) is 2.33. The minimum absolute atomic E-state index is 0.0146. The number of carbonyl (C=O) groups excluding carboxylic acids is 1. The van der Waals surface area contributed by atoms with Crippen molar-refractivity contribution in [1.82, 2.24) is 14.2 Å². The van der Waals surface area contributed by atoms with Crippen LogP contribution in [-0.4, -0.2) is 112 Å². The lowest BCUT2D eigenvalue weighted by atomic mass is 10.4. The van der Waals surface area contributed by atoms with Crippen LogP contribution in [0.25, 0.3) is 0 Å². The Morgan fingerprint density at radius 2 is 1.52 bits per heavy atom. The van der Waals surface area contributed by atoms with E-state index in [4.69, 9.17) is 23.8 Å². The van der Waals surface area contributed by atoms with Crippen molar-refractivity contribution in [2.45, 2.75) is 13.8 Å². The van der Waals surface area contributed by atoms with E-state index < -0.39 is 13.8 Å². The Balaban J connectivity index is 0.00000326. The maximum atomic E-state index is 12.7. The molecule has 1 aliphatic heterocycles. The molecule has 1 unspecified atom stereocenters. The van der Waals surface area contributed by atoms with Crippen molar-refractivity contribution in [3.05, 3.63) is 0 Å². The number of nitrogens with zero attached hydrogens (tertiary/aromatic N) is 3. The molecule has 0 bridgehead atoms. The molecule has 0 aromatic carbocycles. The van der Waals surface area contributed by atoms with Crippen molar-refractivity contribution < 1.29 is 33.2 Å². The van der Waals surface area contributed by atoms with E-state index in [0.717, 1.165) is 0 Å². The molecule has 1 rings (SSSR count). The summed E-state index contributed by atoms with van der Waals surface area (Å²) in [5, 5.41) is 8.54. The third kappa shape index (κ3) is 9.34. The van der Waals surface area contributed by atoms with Crippen molar-refractivity contribution in [2.75, 3.05) is 87.0 Å². The predicted molar refractivity (Wildman–Crippen MR) is 103 cm³/mol. The number of piperazine rings is 1. The maximum Gasteiger partial charge on any atom is 0.409 e. The number of aliphatic hydroxyl groups is 1. The van der Waals surface area contributed by atoms with Crippen LogP contribution in [-0.2, 0) is 23.3 Å². The first kappa shape index (κ1) is 26.3. The van der Waals surface area contributed by atoms with Crippen LogP contribution in [0.5, 0.6) is 0 Å². The van der Waals surface area contributed by atoms with Crippen LogP contribution in [0.3, 0.4) is 0 Å². The Bertz CT molecular complexity index is 432. The maximum absolute atomic E-state index is 12.7. The summed E-state index contributed by atoms with van der Waals surface area (Å²) >= 11 is 0. The number of amides is 1. The first-order valence-corrected chi connectivity index (χ1v) is 10.8. The zero-order valence-electron chi connectivity index (χ0n) is 17.3. The highest BCUT2D eigenvalue weighted by Gasteiger charge is 2.36. The highest BCUT2D eigenvalue weighted by atomic mass is 31.2. The zero-order valence-corrected chi connectivity index (χ0v) is 18.2. The van der Waals surface area contributed by atoms with Gasteiger partial charge in [-0.15, -0.1) is 0 Å². The Morgan fingerprint density at radius 1 is 1.00 bits per heavy atom. The lowest BCUT2D eigenvalue weighted by molar-refractivity contribution is 0.0127. The largest absolute Gasteiger partial charge is 0.447 e. The number of aliphatic hydroxyl groups excluding tert-OH is 1. The standard InChI is InChI=1S/C14H30N3O7P.C2H6/c1-15(2)25(20,21-3)17-6-4-16(5-7-17)14(19)24-13-12-23-11-10-22-9-8-18;1-2/h18H,4-13H2,1-3H3;1-2H3. The van der Waals surface area contributed by atoms with Gasteiger partial charge >= 0.3 is 13.8 Å². The van der Waals surface area contributed by atoms with Crippen LogP contribution in [0, 0.1) is 0 Å². The minimum atomic E-state index is -3.01. The average molecular weight is 413 g/mol. The van der Waals surface area contributed by atoms with Crippen LogP contribution in [0.1, 0.15) is 13.8 Å². The molecular formula is C16H36N3O7P. The van der Waals surface area contributed by atoms with Crippen LogP contribution in [0.4, 0.5) is 4.79 Å². The molecule has 1 aliphatic rings. The second-order valence-electron chi connectivity index (χ2n) is 5.52. The van der Waals surface area contributed by atoms with Crippen molar-refractivity contribution in [3.8, 4) is 0 Å². The van der Waals surface area contributed by atoms with E-state index >= 15 is 0 Å². The van der Waals surface area contributed by atoms with E-state index in [1.54, 1.807) is 28.3 Å². The summed E-state index contributed by atoms with van der Waals surface area (Å²) in [4.78, 5) is 13.6. The van der Waals surface area contributed by atoms with Crippen molar-refractivity contribution in [1.29, 1.82) is 0 Å².